The van der Waals surface area contributed by atoms with Crippen LogP contribution in [0.25, 0.3) is 0 Å². The van der Waals surface area contributed by atoms with E-state index in [4.69, 9.17) is 0 Å². The quantitative estimate of drug-likeness (QED) is 0.733. The Morgan fingerprint density at radius 3 is 1.61 bits per heavy atom. The lowest BCUT2D eigenvalue weighted by molar-refractivity contribution is 0.341. The maximum atomic E-state index is 2.41. The van der Waals surface area contributed by atoms with Gasteiger partial charge in [0.25, 0.3) is 0 Å². The highest BCUT2D eigenvalue weighted by Gasteiger charge is 2.27. The Morgan fingerprint density at radius 1 is 0.889 bits per heavy atom. The first-order chi connectivity index (χ1) is 8.69. The lowest BCUT2D eigenvalue weighted by Gasteiger charge is -2.30. The summed E-state index contributed by atoms with van der Waals surface area (Å²) < 4.78 is 0. The summed E-state index contributed by atoms with van der Waals surface area (Å²) in [6.07, 6.45) is 6.77. The molecule has 100 valence electrons. The fourth-order valence-electron chi connectivity index (χ4n) is 1.99. The Bertz CT molecular complexity index is 351. The van der Waals surface area contributed by atoms with Gasteiger partial charge in [-0.05, 0) is 37.5 Å². The van der Waals surface area contributed by atoms with Crippen molar-refractivity contribution in [2.24, 2.45) is 0 Å². The largest absolute Gasteiger partial charge is 0.337 e. The monoisotopic (exact) mass is 282 g/mol. The lowest BCUT2D eigenvalue weighted by Crippen LogP contribution is -2.29. The molecule has 0 aliphatic carbocycles. The predicted molar refractivity (Wildman–Crippen MR) is 83.7 cm³/mol. The van der Waals surface area contributed by atoms with E-state index in [0.717, 1.165) is 0 Å². The van der Waals surface area contributed by atoms with Crippen LogP contribution < -0.4 is 0 Å². The van der Waals surface area contributed by atoms with E-state index >= 15 is 0 Å². The van der Waals surface area contributed by atoms with Crippen molar-refractivity contribution in [3.63, 3.8) is 0 Å². The smallest absolute Gasteiger partial charge is 0.111 e. The second-order valence-electron chi connectivity index (χ2n) is 4.75. The van der Waals surface area contributed by atoms with E-state index in [2.05, 4.69) is 60.7 Å². The number of hydrogen-bond acceptors (Lipinski definition) is 4. The first kappa shape index (κ1) is 13.9. The molecule has 0 fully saturated rings. The molecule has 0 N–H and O–H groups in total. The van der Waals surface area contributed by atoms with Gasteiger partial charge in [0.1, 0.15) is 10.1 Å². The third-order valence-electron chi connectivity index (χ3n) is 3.59. The highest BCUT2D eigenvalue weighted by Crippen LogP contribution is 2.43. The third-order valence-corrected chi connectivity index (χ3v) is 5.49. The number of nitrogens with zero attached hydrogens (tertiary/aromatic N) is 2. The Balaban J connectivity index is 2.25. The summed E-state index contributed by atoms with van der Waals surface area (Å²) in [6, 6.07) is 1.14. The minimum Gasteiger partial charge on any atom is -0.337 e. The molecule has 18 heavy (non-hydrogen) atoms. The van der Waals surface area contributed by atoms with Crippen molar-refractivity contribution in [1.29, 1.82) is 0 Å². The van der Waals surface area contributed by atoms with E-state index in [1.807, 2.05) is 23.5 Å². The average molecular weight is 282 g/mol. The molecule has 0 unspecified atom stereocenters. The zero-order valence-corrected chi connectivity index (χ0v) is 13.2. The molecule has 0 aromatic rings. The molecule has 0 radical (unpaired) electrons. The molecule has 2 nitrogen and oxygen atoms in total. The lowest BCUT2D eigenvalue weighted by atomic mass is 10.2. The highest BCUT2D eigenvalue weighted by atomic mass is 32.2. The Hall–Kier alpha value is -0.480. The van der Waals surface area contributed by atoms with Crippen LogP contribution in [0.3, 0.4) is 0 Å². The molecule has 0 saturated carbocycles. The molecule has 2 aliphatic rings. The molecule has 0 bridgehead atoms. The van der Waals surface area contributed by atoms with Gasteiger partial charge in [-0.2, -0.15) is 0 Å². The van der Waals surface area contributed by atoms with Crippen LogP contribution in [0.4, 0.5) is 0 Å². The van der Waals surface area contributed by atoms with Gasteiger partial charge in [0.05, 0.1) is 0 Å². The topological polar surface area (TPSA) is 6.48 Å². The van der Waals surface area contributed by atoms with Gasteiger partial charge in [-0.1, -0.05) is 37.4 Å². The summed E-state index contributed by atoms with van der Waals surface area (Å²) in [5, 5.41) is 7.17. The van der Waals surface area contributed by atoms with Crippen molar-refractivity contribution in [1.82, 2.24) is 9.80 Å². The summed E-state index contributed by atoms with van der Waals surface area (Å²) in [4.78, 5) is 4.82. The Morgan fingerprint density at radius 2 is 1.28 bits per heavy atom. The van der Waals surface area contributed by atoms with Crippen LogP contribution in [0.1, 0.15) is 40.5 Å². The van der Waals surface area contributed by atoms with E-state index in [-0.39, 0.29) is 0 Å². The van der Waals surface area contributed by atoms with Gasteiger partial charge in [-0.25, -0.2) is 0 Å². The van der Waals surface area contributed by atoms with Crippen molar-refractivity contribution in [3.05, 3.63) is 33.3 Å². The third kappa shape index (κ3) is 2.59. The van der Waals surface area contributed by atoms with Crippen molar-refractivity contribution in [2.75, 3.05) is 0 Å². The zero-order valence-electron chi connectivity index (χ0n) is 11.6. The fourth-order valence-corrected chi connectivity index (χ4v) is 4.06. The van der Waals surface area contributed by atoms with Gasteiger partial charge in [-0.15, -0.1) is 0 Å². The molecular weight excluding hydrogens is 260 g/mol. The van der Waals surface area contributed by atoms with Gasteiger partial charge in [-0.3, -0.25) is 0 Å². The van der Waals surface area contributed by atoms with Gasteiger partial charge < -0.3 is 9.80 Å². The molecule has 0 spiro atoms. The second-order valence-corrected chi connectivity index (χ2v) is 6.53. The highest BCUT2D eigenvalue weighted by molar-refractivity contribution is 8.09. The molecule has 0 aromatic carbocycles. The molecule has 0 amide bonds. The molecule has 2 rings (SSSR count). The van der Waals surface area contributed by atoms with E-state index < -0.39 is 0 Å². The average Bonchev–Trinajstić information content (AvgIpc) is 3.04. The van der Waals surface area contributed by atoms with E-state index in [1.54, 1.807) is 0 Å². The number of hydrogen-bond donors (Lipinski definition) is 0. The van der Waals surface area contributed by atoms with Gasteiger partial charge in [0, 0.05) is 24.5 Å². The summed E-state index contributed by atoms with van der Waals surface area (Å²) >= 11 is 3.69. The van der Waals surface area contributed by atoms with Crippen LogP contribution in [0, 0.1) is 0 Å². The molecule has 2 atom stereocenters. The zero-order chi connectivity index (χ0) is 13.1. The summed E-state index contributed by atoms with van der Waals surface area (Å²) in [6.45, 7) is 9.07. The SMILES string of the molecule is CC[C@@H](C)N1C=CS/C1=C1/SC=CN1[C@H](C)CC. The van der Waals surface area contributed by atoms with Crippen molar-refractivity contribution in [3.8, 4) is 0 Å². The summed E-state index contributed by atoms with van der Waals surface area (Å²) in [5.74, 6) is 0. The van der Waals surface area contributed by atoms with Gasteiger partial charge >= 0.3 is 0 Å². The van der Waals surface area contributed by atoms with Crippen LogP contribution in [-0.4, -0.2) is 21.9 Å². The fraction of sp³-hybridized carbons (Fsp3) is 0.571. The molecule has 0 aromatic heterocycles. The van der Waals surface area contributed by atoms with Crippen molar-refractivity contribution in [2.45, 2.75) is 52.6 Å². The van der Waals surface area contributed by atoms with Crippen molar-refractivity contribution >= 4 is 23.5 Å². The maximum absolute atomic E-state index is 2.41. The van der Waals surface area contributed by atoms with Crippen LogP contribution in [0.2, 0.25) is 0 Å². The predicted octanol–water partition coefficient (Wildman–Crippen LogP) is 4.75. The summed E-state index contributed by atoms with van der Waals surface area (Å²) in [5.41, 5.74) is 0. The van der Waals surface area contributed by atoms with Crippen LogP contribution >= 0.6 is 23.5 Å². The second kappa shape index (κ2) is 6.11. The normalized spacial score (nSPS) is 26.2. The summed E-state index contributed by atoms with van der Waals surface area (Å²) in [7, 11) is 0. The van der Waals surface area contributed by atoms with Gasteiger partial charge in [0.15, 0.2) is 0 Å². The molecular formula is C14H22N2S2. The minimum absolute atomic E-state index is 0.568. The molecule has 2 heterocycles. The maximum Gasteiger partial charge on any atom is 0.111 e. The van der Waals surface area contributed by atoms with Crippen LogP contribution in [0.5, 0.6) is 0 Å². The van der Waals surface area contributed by atoms with E-state index in [1.165, 1.54) is 22.9 Å². The Kier molecular flexibility index (Phi) is 4.73. The van der Waals surface area contributed by atoms with Crippen LogP contribution in [-0.2, 0) is 0 Å². The van der Waals surface area contributed by atoms with Crippen molar-refractivity contribution < 1.29 is 0 Å². The number of thioether (sulfide) groups is 2. The first-order valence-corrected chi connectivity index (χ1v) is 8.42. The molecule has 4 heteroatoms. The standard InChI is InChI=1S/C14H22N2S2/c1-5-11(3)15-7-9-17-13(15)14-16(8-10-18-14)12(4)6-2/h7-12H,5-6H2,1-4H3/b14-13+/t11-,12-/m1/s1. The van der Waals surface area contributed by atoms with Gasteiger partial charge in [0.2, 0.25) is 0 Å². The van der Waals surface area contributed by atoms with E-state index in [9.17, 15) is 0 Å². The Labute approximate surface area is 119 Å². The van der Waals surface area contributed by atoms with Crippen LogP contribution in [0.15, 0.2) is 33.3 Å². The molecule has 0 saturated heterocycles. The number of rotatable bonds is 4. The minimum atomic E-state index is 0.568. The first-order valence-electron chi connectivity index (χ1n) is 6.66. The van der Waals surface area contributed by atoms with E-state index in [0.29, 0.717) is 12.1 Å². The molecule has 2 aliphatic heterocycles.